The highest BCUT2D eigenvalue weighted by Gasteiger charge is 2.14. The Kier molecular flexibility index (Phi) is 6.57. The minimum absolute atomic E-state index is 0.122. The van der Waals surface area contributed by atoms with Gasteiger partial charge in [0.1, 0.15) is 5.75 Å². The molecule has 0 saturated carbocycles. The number of aromatic nitrogens is 1. The van der Waals surface area contributed by atoms with Crippen LogP contribution in [0.15, 0.2) is 48.7 Å². The third kappa shape index (κ3) is 5.04. The van der Waals surface area contributed by atoms with Gasteiger partial charge in [-0.25, -0.2) is 4.79 Å². The molecule has 6 nitrogen and oxygen atoms in total. The number of halogens is 1. The number of benzene rings is 2. The van der Waals surface area contributed by atoms with Crippen molar-refractivity contribution in [1.82, 2.24) is 10.3 Å². The summed E-state index contributed by atoms with van der Waals surface area (Å²) < 4.78 is 5.35. The van der Waals surface area contributed by atoms with Crippen molar-refractivity contribution in [3.8, 4) is 5.75 Å². The molecule has 0 aliphatic heterocycles. The van der Waals surface area contributed by atoms with Crippen LogP contribution in [-0.2, 0) is 11.2 Å². The maximum absolute atomic E-state index is 10.7. The van der Waals surface area contributed by atoms with Gasteiger partial charge in [0, 0.05) is 29.2 Å². The number of H-pyrrole nitrogens is 1. The van der Waals surface area contributed by atoms with Gasteiger partial charge >= 0.3 is 5.97 Å². The van der Waals surface area contributed by atoms with Crippen LogP contribution in [0.25, 0.3) is 10.9 Å². The zero-order valence-corrected chi connectivity index (χ0v) is 16.2. The number of aromatic amines is 1. The van der Waals surface area contributed by atoms with E-state index in [0.717, 1.165) is 28.5 Å². The number of nitrogens with one attached hydrogen (secondary N) is 2. The second-order valence-corrected chi connectivity index (χ2v) is 7.20. The lowest BCUT2D eigenvalue weighted by molar-refractivity contribution is -0.139. The molecule has 7 heteroatoms. The van der Waals surface area contributed by atoms with Gasteiger partial charge in [-0.1, -0.05) is 35.9 Å². The summed E-state index contributed by atoms with van der Waals surface area (Å²) in [5.74, 6) is -0.497. The lowest BCUT2D eigenvalue weighted by Gasteiger charge is -2.17. The van der Waals surface area contributed by atoms with Gasteiger partial charge in [0.25, 0.3) is 0 Å². The maximum atomic E-state index is 10.7. The SMILES string of the molecule is C[C@H](Cc1c[nH]c2c(OCC(=O)O)cccc12)NC[C@@H](O)c1cccc(Cl)c1. The molecule has 28 heavy (non-hydrogen) atoms. The summed E-state index contributed by atoms with van der Waals surface area (Å²) >= 11 is 5.98. The number of fused-ring (bicyclic) bond motifs is 1. The largest absolute Gasteiger partial charge is 0.480 e. The minimum Gasteiger partial charge on any atom is -0.480 e. The summed E-state index contributed by atoms with van der Waals surface area (Å²) in [6, 6.07) is 12.9. The second kappa shape index (κ2) is 9.10. The Labute approximate surface area is 168 Å². The highest BCUT2D eigenvalue weighted by Crippen LogP contribution is 2.28. The van der Waals surface area contributed by atoms with E-state index in [1.165, 1.54) is 0 Å². The first kappa shape index (κ1) is 20.2. The standard InChI is InChI=1S/C21H23ClN2O4/c1-13(23-11-18(25)14-4-2-5-16(22)9-14)8-15-10-24-21-17(15)6-3-7-19(21)28-12-20(26)27/h2-7,9-10,13,18,23-25H,8,11-12H2,1H3,(H,26,27)/t13-,18-/m1/s1. The Bertz CT molecular complexity index is 956. The molecule has 0 unspecified atom stereocenters. The molecule has 0 fully saturated rings. The summed E-state index contributed by atoms with van der Waals surface area (Å²) in [7, 11) is 0. The van der Waals surface area contributed by atoms with Crippen LogP contribution in [-0.4, -0.2) is 40.4 Å². The van der Waals surface area contributed by atoms with Gasteiger partial charge in [-0.15, -0.1) is 0 Å². The van der Waals surface area contributed by atoms with Crippen molar-refractivity contribution in [2.24, 2.45) is 0 Å². The van der Waals surface area contributed by atoms with E-state index < -0.39 is 12.1 Å². The molecule has 1 aromatic heterocycles. The van der Waals surface area contributed by atoms with Gasteiger partial charge in [0.15, 0.2) is 6.61 Å². The van der Waals surface area contributed by atoms with Crippen LogP contribution in [0, 0.1) is 0 Å². The molecule has 1 heterocycles. The van der Waals surface area contributed by atoms with Crippen LogP contribution in [0.1, 0.15) is 24.2 Å². The monoisotopic (exact) mass is 402 g/mol. The number of ether oxygens (including phenoxy) is 1. The Morgan fingerprint density at radius 1 is 1.29 bits per heavy atom. The Balaban J connectivity index is 1.62. The van der Waals surface area contributed by atoms with Gasteiger partial charge in [0.05, 0.1) is 11.6 Å². The van der Waals surface area contributed by atoms with Crippen molar-refractivity contribution >= 4 is 28.5 Å². The molecular formula is C21H23ClN2O4. The summed E-state index contributed by atoms with van der Waals surface area (Å²) in [5, 5.41) is 24.1. The summed E-state index contributed by atoms with van der Waals surface area (Å²) in [5.41, 5.74) is 2.65. The van der Waals surface area contributed by atoms with Crippen LogP contribution in [0.2, 0.25) is 5.02 Å². The average Bonchev–Trinajstić information content (AvgIpc) is 3.07. The molecule has 3 aromatic rings. The molecule has 4 N–H and O–H groups in total. The van der Waals surface area contributed by atoms with Gasteiger partial charge in [-0.3, -0.25) is 0 Å². The van der Waals surface area contributed by atoms with Crippen molar-refractivity contribution in [3.05, 3.63) is 64.8 Å². The van der Waals surface area contributed by atoms with Crippen LogP contribution in [0.5, 0.6) is 5.75 Å². The zero-order valence-electron chi connectivity index (χ0n) is 15.5. The van der Waals surface area contributed by atoms with E-state index in [0.29, 0.717) is 17.3 Å². The first-order chi connectivity index (χ1) is 13.4. The Morgan fingerprint density at radius 3 is 2.82 bits per heavy atom. The highest BCUT2D eigenvalue weighted by atomic mass is 35.5. The van der Waals surface area contributed by atoms with E-state index in [1.807, 2.05) is 37.4 Å². The van der Waals surface area contributed by atoms with Crippen LogP contribution in [0.3, 0.4) is 0 Å². The molecule has 0 bridgehead atoms. The fraction of sp³-hybridized carbons (Fsp3) is 0.286. The number of hydrogen-bond acceptors (Lipinski definition) is 4. The van der Waals surface area contributed by atoms with Crippen LogP contribution in [0.4, 0.5) is 0 Å². The van der Waals surface area contributed by atoms with E-state index in [4.69, 9.17) is 21.4 Å². The first-order valence-corrected chi connectivity index (χ1v) is 9.42. The average molecular weight is 403 g/mol. The molecule has 0 radical (unpaired) electrons. The molecule has 148 valence electrons. The Morgan fingerprint density at radius 2 is 2.07 bits per heavy atom. The second-order valence-electron chi connectivity index (χ2n) is 6.76. The number of carboxylic acids is 1. The van der Waals surface area contributed by atoms with E-state index in [1.54, 1.807) is 18.2 Å². The summed E-state index contributed by atoms with van der Waals surface area (Å²) in [6.45, 7) is 2.08. The molecule has 2 aromatic carbocycles. The number of aliphatic hydroxyl groups excluding tert-OH is 1. The number of para-hydroxylation sites is 1. The summed E-state index contributed by atoms with van der Waals surface area (Å²) in [4.78, 5) is 13.9. The van der Waals surface area contributed by atoms with E-state index >= 15 is 0 Å². The normalized spacial score (nSPS) is 13.4. The molecule has 0 amide bonds. The van der Waals surface area contributed by atoms with E-state index in [-0.39, 0.29) is 12.6 Å². The number of hydrogen-bond donors (Lipinski definition) is 4. The van der Waals surface area contributed by atoms with Gasteiger partial charge in [-0.2, -0.15) is 0 Å². The highest BCUT2D eigenvalue weighted by molar-refractivity contribution is 6.30. The summed E-state index contributed by atoms with van der Waals surface area (Å²) in [6.07, 6.45) is 2.01. The van der Waals surface area contributed by atoms with E-state index in [2.05, 4.69) is 10.3 Å². The predicted octanol–water partition coefficient (Wildman–Crippen LogP) is 3.54. The lowest BCUT2D eigenvalue weighted by Crippen LogP contribution is -2.32. The van der Waals surface area contributed by atoms with Crippen molar-refractivity contribution < 1.29 is 19.7 Å². The molecule has 0 spiro atoms. The molecule has 3 rings (SSSR count). The van der Waals surface area contributed by atoms with Gasteiger partial charge in [-0.05, 0) is 42.7 Å². The van der Waals surface area contributed by atoms with E-state index in [9.17, 15) is 9.90 Å². The van der Waals surface area contributed by atoms with Crippen LogP contribution >= 0.6 is 11.6 Å². The van der Waals surface area contributed by atoms with Gasteiger partial charge < -0.3 is 25.3 Å². The van der Waals surface area contributed by atoms with Crippen molar-refractivity contribution in [2.75, 3.05) is 13.2 Å². The Hall–Kier alpha value is -2.54. The number of carbonyl (C=O) groups is 1. The quantitative estimate of drug-likeness (QED) is 0.439. The number of aliphatic hydroxyl groups is 1. The predicted molar refractivity (Wildman–Crippen MR) is 109 cm³/mol. The van der Waals surface area contributed by atoms with Crippen LogP contribution < -0.4 is 10.1 Å². The fourth-order valence-electron chi connectivity index (χ4n) is 3.16. The third-order valence-corrected chi connectivity index (χ3v) is 4.77. The number of rotatable bonds is 9. The molecule has 2 atom stereocenters. The maximum Gasteiger partial charge on any atom is 0.341 e. The fourth-order valence-corrected chi connectivity index (χ4v) is 3.36. The topological polar surface area (TPSA) is 94.6 Å². The third-order valence-electron chi connectivity index (χ3n) is 4.53. The number of carboxylic acid groups (broad SMARTS) is 1. The molecule has 0 aliphatic rings. The molecule has 0 saturated heterocycles. The van der Waals surface area contributed by atoms with Crippen molar-refractivity contribution in [3.63, 3.8) is 0 Å². The zero-order chi connectivity index (χ0) is 20.1. The molecule has 0 aliphatic carbocycles. The van der Waals surface area contributed by atoms with Crippen molar-refractivity contribution in [1.29, 1.82) is 0 Å². The minimum atomic E-state index is -1.01. The first-order valence-electron chi connectivity index (χ1n) is 9.04. The molecular weight excluding hydrogens is 380 g/mol. The number of aliphatic carboxylic acids is 1. The lowest BCUT2D eigenvalue weighted by atomic mass is 10.0. The van der Waals surface area contributed by atoms with Crippen molar-refractivity contribution in [2.45, 2.75) is 25.5 Å². The van der Waals surface area contributed by atoms with Gasteiger partial charge in [0.2, 0.25) is 0 Å². The smallest absolute Gasteiger partial charge is 0.341 e.